The predicted molar refractivity (Wildman–Crippen MR) is 136 cm³/mol. The summed E-state index contributed by atoms with van der Waals surface area (Å²) in [5.41, 5.74) is 8.08. The standard InChI is InChI=1S/C23H29N5O2.HI/c1-3-29-19-10-11-21(30-4-2)20(16-19)27-23(24)26-13-12-22-25-14-15-28(22)17-18-8-6-5-7-9-18;/h5-11,14-16H,3-4,12-13,17H2,1-2H3,(H3,24,26,27);1H. The zero-order chi connectivity index (χ0) is 21.2. The minimum Gasteiger partial charge on any atom is -0.494 e. The number of guanidine groups is 1. The molecule has 1 heterocycles. The van der Waals surface area contributed by atoms with Crippen molar-refractivity contribution in [3.05, 3.63) is 72.3 Å². The summed E-state index contributed by atoms with van der Waals surface area (Å²) in [5, 5.41) is 3.12. The van der Waals surface area contributed by atoms with Crippen molar-refractivity contribution in [2.24, 2.45) is 10.7 Å². The maximum absolute atomic E-state index is 6.11. The van der Waals surface area contributed by atoms with Gasteiger partial charge in [0.2, 0.25) is 0 Å². The normalized spacial score (nSPS) is 11.0. The molecule has 0 saturated heterocycles. The number of halogens is 1. The molecule has 0 bridgehead atoms. The van der Waals surface area contributed by atoms with Crippen LogP contribution in [0.1, 0.15) is 25.2 Å². The van der Waals surface area contributed by atoms with Crippen LogP contribution in [-0.2, 0) is 13.0 Å². The lowest BCUT2D eigenvalue weighted by Crippen LogP contribution is -2.23. The van der Waals surface area contributed by atoms with Crippen LogP contribution < -0.4 is 20.5 Å². The summed E-state index contributed by atoms with van der Waals surface area (Å²) in [6, 6.07) is 15.9. The smallest absolute Gasteiger partial charge is 0.193 e. The van der Waals surface area contributed by atoms with Crippen molar-refractivity contribution >= 4 is 35.6 Å². The van der Waals surface area contributed by atoms with Gasteiger partial charge in [0.1, 0.15) is 17.3 Å². The van der Waals surface area contributed by atoms with Gasteiger partial charge < -0.3 is 25.1 Å². The second-order valence-electron chi connectivity index (χ2n) is 6.62. The number of aromatic nitrogens is 2. The van der Waals surface area contributed by atoms with Crippen molar-refractivity contribution in [2.45, 2.75) is 26.8 Å². The van der Waals surface area contributed by atoms with E-state index in [0.29, 0.717) is 37.9 Å². The molecule has 3 rings (SSSR count). The van der Waals surface area contributed by atoms with Crippen LogP contribution in [0.25, 0.3) is 0 Å². The third-order valence-corrected chi connectivity index (χ3v) is 4.44. The van der Waals surface area contributed by atoms with Gasteiger partial charge in [0.15, 0.2) is 5.96 Å². The molecular weight excluding hydrogens is 505 g/mol. The van der Waals surface area contributed by atoms with E-state index < -0.39 is 0 Å². The first kappa shape index (κ1) is 24.5. The molecular formula is C23H30IN5O2. The van der Waals surface area contributed by atoms with Crippen LogP contribution >= 0.6 is 24.0 Å². The average molecular weight is 535 g/mol. The molecule has 31 heavy (non-hydrogen) atoms. The first-order valence-corrected chi connectivity index (χ1v) is 10.2. The highest BCUT2D eigenvalue weighted by Crippen LogP contribution is 2.29. The molecule has 0 amide bonds. The number of hydrogen-bond donors (Lipinski definition) is 2. The van der Waals surface area contributed by atoms with Gasteiger partial charge in [-0.05, 0) is 31.5 Å². The lowest BCUT2D eigenvalue weighted by atomic mass is 10.2. The third-order valence-electron chi connectivity index (χ3n) is 4.44. The maximum atomic E-state index is 6.11. The van der Waals surface area contributed by atoms with E-state index in [-0.39, 0.29) is 24.0 Å². The molecule has 3 N–H and O–H groups in total. The predicted octanol–water partition coefficient (Wildman–Crippen LogP) is 4.32. The van der Waals surface area contributed by atoms with Gasteiger partial charge >= 0.3 is 0 Å². The highest BCUT2D eigenvalue weighted by atomic mass is 127. The summed E-state index contributed by atoms with van der Waals surface area (Å²) in [4.78, 5) is 8.91. The Morgan fingerprint density at radius 3 is 2.61 bits per heavy atom. The lowest BCUT2D eigenvalue weighted by molar-refractivity contribution is 0.332. The van der Waals surface area contributed by atoms with Crippen LogP contribution in [0.15, 0.2) is 65.9 Å². The zero-order valence-electron chi connectivity index (χ0n) is 18.0. The van der Waals surface area contributed by atoms with Gasteiger partial charge in [0, 0.05) is 38.0 Å². The van der Waals surface area contributed by atoms with E-state index in [2.05, 4.69) is 32.0 Å². The molecule has 0 radical (unpaired) electrons. The molecule has 0 unspecified atom stereocenters. The number of benzene rings is 2. The minimum atomic E-state index is 0. The molecule has 2 aromatic carbocycles. The molecule has 1 aromatic heterocycles. The molecule has 3 aromatic rings. The Labute approximate surface area is 200 Å². The van der Waals surface area contributed by atoms with E-state index >= 15 is 0 Å². The monoisotopic (exact) mass is 535 g/mol. The number of nitrogens with two attached hydrogens (primary N) is 1. The van der Waals surface area contributed by atoms with Crippen molar-refractivity contribution in [2.75, 3.05) is 25.1 Å². The van der Waals surface area contributed by atoms with Gasteiger partial charge in [-0.3, -0.25) is 4.99 Å². The van der Waals surface area contributed by atoms with E-state index in [1.165, 1.54) is 5.56 Å². The summed E-state index contributed by atoms with van der Waals surface area (Å²) in [6.45, 7) is 6.35. The Bertz CT molecular complexity index is 960. The Kier molecular flexibility index (Phi) is 10.2. The van der Waals surface area contributed by atoms with E-state index in [1.54, 1.807) is 0 Å². The Balaban J connectivity index is 0.00000341. The van der Waals surface area contributed by atoms with Crippen molar-refractivity contribution in [1.82, 2.24) is 9.55 Å². The van der Waals surface area contributed by atoms with Gasteiger partial charge in [-0.1, -0.05) is 30.3 Å². The Hall–Kier alpha value is -2.75. The summed E-state index contributed by atoms with van der Waals surface area (Å²) >= 11 is 0. The highest BCUT2D eigenvalue weighted by molar-refractivity contribution is 14.0. The number of nitrogens with one attached hydrogen (secondary N) is 1. The fraction of sp³-hybridized carbons (Fsp3) is 0.304. The van der Waals surface area contributed by atoms with Crippen LogP contribution in [-0.4, -0.2) is 35.3 Å². The maximum Gasteiger partial charge on any atom is 0.193 e. The number of imidazole rings is 1. The van der Waals surface area contributed by atoms with E-state index in [1.807, 2.05) is 62.6 Å². The molecule has 0 aliphatic heterocycles. The number of rotatable bonds is 10. The fourth-order valence-electron chi connectivity index (χ4n) is 3.09. The van der Waals surface area contributed by atoms with Gasteiger partial charge in [-0.2, -0.15) is 0 Å². The zero-order valence-corrected chi connectivity index (χ0v) is 20.3. The molecule has 0 saturated carbocycles. The van der Waals surface area contributed by atoms with E-state index in [4.69, 9.17) is 15.2 Å². The number of ether oxygens (including phenoxy) is 2. The van der Waals surface area contributed by atoms with Gasteiger partial charge in [0.05, 0.1) is 18.9 Å². The molecule has 0 aliphatic carbocycles. The first-order chi connectivity index (χ1) is 14.7. The number of hydrogen-bond acceptors (Lipinski definition) is 4. The molecule has 0 aliphatic rings. The molecule has 7 nitrogen and oxygen atoms in total. The van der Waals surface area contributed by atoms with Crippen molar-refractivity contribution in [3.8, 4) is 11.5 Å². The van der Waals surface area contributed by atoms with Crippen molar-refractivity contribution in [1.29, 1.82) is 0 Å². The summed E-state index contributed by atoms with van der Waals surface area (Å²) in [6.07, 6.45) is 4.50. The minimum absolute atomic E-state index is 0. The molecule has 0 atom stereocenters. The number of nitrogens with zero attached hydrogens (tertiary/aromatic N) is 3. The summed E-state index contributed by atoms with van der Waals surface area (Å²) in [7, 11) is 0. The molecule has 8 heteroatoms. The van der Waals surface area contributed by atoms with Gasteiger partial charge in [-0.15, -0.1) is 24.0 Å². The topological polar surface area (TPSA) is 86.7 Å². The molecule has 166 valence electrons. The Morgan fingerprint density at radius 2 is 1.87 bits per heavy atom. The molecule has 0 spiro atoms. The van der Waals surface area contributed by atoms with Crippen molar-refractivity contribution < 1.29 is 9.47 Å². The largest absolute Gasteiger partial charge is 0.494 e. The van der Waals surface area contributed by atoms with Crippen LogP contribution in [0.2, 0.25) is 0 Å². The average Bonchev–Trinajstić information content (AvgIpc) is 3.18. The van der Waals surface area contributed by atoms with Gasteiger partial charge in [0.25, 0.3) is 0 Å². The quantitative estimate of drug-likeness (QED) is 0.230. The van der Waals surface area contributed by atoms with Crippen LogP contribution in [0.4, 0.5) is 5.69 Å². The fourth-order valence-corrected chi connectivity index (χ4v) is 3.09. The second-order valence-corrected chi connectivity index (χ2v) is 6.62. The van der Waals surface area contributed by atoms with Crippen LogP contribution in [0.3, 0.4) is 0 Å². The van der Waals surface area contributed by atoms with E-state index in [0.717, 1.165) is 23.8 Å². The summed E-state index contributed by atoms with van der Waals surface area (Å²) in [5.74, 6) is 2.76. The molecule has 0 fully saturated rings. The highest BCUT2D eigenvalue weighted by Gasteiger charge is 2.08. The third kappa shape index (κ3) is 7.46. The van der Waals surface area contributed by atoms with Gasteiger partial charge in [-0.25, -0.2) is 4.98 Å². The van der Waals surface area contributed by atoms with Crippen LogP contribution in [0.5, 0.6) is 11.5 Å². The van der Waals surface area contributed by atoms with E-state index in [9.17, 15) is 0 Å². The van der Waals surface area contributed by atoms with Crippen LogP contribution in [0, 0.1) is 0 Å². The second kappa shape index (κ2) is 12.8. The number of aliphatic imine (C=N–C) groups is 1. The SMILES string of the molecule is CCOc1ccc(OCC)c(NC(N)=NCCc2nccn2Cc2ccccc2)c1.I. The van der Waals surface area contributed by atoms with Crippen molar-refractivity contribution in [3.63, 3.8) is 0 Å². The lowest BCUT2D eigenvalue weighted by Gasteiger charge is -2.14. The summed E-state index contributed by atoms with van der Waals surface area (Å²) < 4.78 is 13.4. The first-order valence-electron chi connectivity index (χ1n) is 10.2. The Morgan fingerprint density at radius 1 is 1.10 bits per heavy atom. The number of anilines is 1.